The lowest BCUT2D eigenvalue weighted by Crippen LogP contribution is -2.33. The normalized spacial score (nSPS) is 14.9. The third-order valence-electron chi connectivity index (χ3n) is 5.59. The van der Waals surface area contributed by atoms with E-state index in [0.717, 1.165) is 28.2 Å². The number of nitrogens with zero attached hydrogens (tertiary/aromatic N) is 2. The van der Waals surface area contributed by atoms with Gasteiger partial charge in [-0.15, -0.1) is 17.9 Å². The maximum Gasteiger partial charge on any atom is 0.272 e. The van der Waals surface area contributed by atoms with Gasteiger partial charge in [0.1, 0.15) is 10.4 Å². The zero-order valence-corrected chi connectivity index (χ0v) is 20.0. The van der Waals surface area contributed by atoms with Gasteiger partial charge in [0, 0.05) is 23.4 Å². The van der Waals surface area contributed by atoms with E-state index >= 15 is 0 Å². The zero-order chi connectivity index (χ0) is 23.5. The van der Waals surface area contributed by atoms with Crippen LogP contribution in [0.3, 0.4) is 0 Å². The van der Waals surface area contributed by atoms with Gasteiger partial charge in [-0.2, -0.15) is 0 Å². The molecule has 1 aliphatic rings. The summed E-state index contributed by atoms with van der Waals surface area (Å²) in [5.74, 6) is 0.858. The summed E-state index contributed by atoms with van der Waals surface area (Å²) < 4.78 is 7.87. The van der Waals surface area contributed by atoms with Crippen LogP contribution < -0.4 is 15.6 Å². The van der Waals surface area contributed by atoms with Gasteiger partial charge in [-0.1, -0.05) is 66.4 Å². The van der Waals surface area contributed by atoms with Crippen molar-refractivity contribution in [1.82, 2.24) is 14.9 Å². The smallest absolute Gasteiger partial charge is 0.272 e. The molecule has 0 fully saturated rings. The lowest BCUT2D eigenvalue weighted by molar-refractivity contribution is -0.119. The third-order valence-corrected chi connectivity index (χ3v) is 7.73. The average Bonchev–Trinajstić information content (AvgIpc) is 3.30. The van der Waals surface area contributed by atoms with Crippen LogP contribution in [0, 0.1) is 0 Å². The topological polar surface area (TPSA) is 73.2 Å². The van der Waals surface area contributed by atoms with Crippen LogP contribution in [0.4, 0.5) is 0 Å². The molecule has 0 radical (unpaired) electrons. The fourth-order valence-corrected chi connectivity index (χ4v) is 5.86. The van der Waals surface area contributed by atoms with Crippen molar-refractivity contribution in [2.75, 3.05) is 12.4 Å². The Kier molecular flexibility index (Phi) is 6.51. The van der Waals surface area contributed by atoms with Gasteiger partial charge in [0.2, 0.25) is 5.91 Å². The van der Waals surface area contributed by atoms with E-state index in [0.29, 0.717) is 28.5 Å². The summed E-state index contributed by atoms with van der Waals surface area (Å²) in [6.45, 7) is 4.68. The molecule has 6 nitrogen and oxygen atoms in total. The van der Waals surface area contributed by atoms with Crippen molar-refractivity contribution in [1.29, 1.82) is 0 Å². The van der Waals surface area contributed by atoms with E-state index in [1.807, 2.05) is 60.7 Å². The highest BCUT2D eigenvalue weighted by atomic mass is 32.2. The van der Waals surface area contributed by atoms with Crippen LogP contribution in [0.1, 0.15) is 18.0 Å². The number of para-hydroxylation sites is 1. The third kappa shape index (κ3) is 4.51. The molecule has 0 bridgehead atoms. The van der Waals surface area contributed by atoms with Crippen molar-refractivity contribution in [3.05, 3.63) is 89.2 Å². The van der Waals surface area contributed by atoms with Crippen LogP contribution in [0.2, 0.25) is 0 Å². The molecule has 8 heteroatoms. The molecule has 0 spiro atoms. The van der Waals surface area contributed by atoms with Crippen LogP contribution in [0.15, 0.2) is 83.3 Å². The molecular formula is C26H23N3O3S2. The standard InChI is InChI=1S/C26H23N3O3S2/c1-2-13-29-25(31)24-20(15-22(34-24)17-8-4-3-5-9-17)28-26(29)33-16-23(30)27-19-12-14-32-21-11-7-6-10-18(19)21/h2-11,15,19H,1,12-14,16H2,(H,27,30). The Morgan fingerprint density at radius 3 is 2.85 bits per heavy atom. The number of carbonyl (C=O) groups excluding carboxylic acids is 1. The predicted octanol–water partition coefficient (Wildman–Crippen LogP) is 5.04. The van der Waals surface area contributed by atoms with E-state index < -0.39 is 0 Å². The fourth-order valence-electron chi connectivity index (χ4n) is 3.99. The van der Waals surface area contributed by atoms with Gasteiger partial charge in [0.15, 0.2) is 5.16 Å². The van der Waals surface area contributed by atoms with Gasteiger partial charge < -0.3 is 10.1 Å². The molecule has 0 saturated carbocycles. The number of ether oxygens (including phenoxy) is 1. The van der Waals surface area contributed by atoms with E-state index in [4.69, 9.17) is 9.72 Å². The second kappa shape index (κ2) is 9.87. The minimum absolute atomic E-state index is 0.0887. The van der Waals surface area contributed by atoms with Crippen molar-refractivity contribution in [2.24, 2.45) is 0 Å². The number of amides is 1. The van der Waals surface area contributed by atoms with Crippen molar-refractivity contribution in [3.8, 4) is 16.2 Å². The molecule has 1 amide bonds. The lowest BCUT2D eigenvalue weighted by atomic mass is 10.0. The monoisotopic (exact) mass is 489 g/mol. The van der Waals surface area contributed by atoms with Crippen LogP contribution in [-0.4, -0.2) is 27.8 Å². The SMILES string of the molecule is C=CCn1c(SCC(=O)NC2CCOc3ccccc32)nc2cc(-c3ccccc3)sc2c1=O. The fraction of sp³-hybridized carbons (Fsp3) is 0.192. The number of aromatic nitrogens is 2. The summed E-state index contributed by atoms with van der Waals surface area (Å²) in [4.78, 5) is 31.8. The van der Waals surface area contributed by atoms with Crippen molar-refractivity contribution in [2.45, 2.75) is 24.2 Å². The predicted molar refractivity (Wildman–Crippen MR) is 138 cm³/mol. The van der Waals surface area contributed by atoms with E-state index in [2.05, 4.69) is 11.9 Å². The Labute approximate surface area is 205 Å². The number of fused-ring (bicyclic) bond motifs is 2. The Bertz CT molecular complexity index is 1410. The van der Waals surface area contributed by atoms with Crippen molar-refractivity contribution < 1.29 is 9.53 Å². The van der Waals surface area contributed by atoms with Gasteiger partial charge in [-0.05, 0) is 17.7 Å². The first-order chi connectivity index (χ1) is 16.6. The molecule has 1 aliphatic heterocycles. The lowest BCUT2D eigenvalue weighted by Gasteiger charge is -2.26. The van der Waals surface area contributed by atoms with Crippen LogP contribution in [0.5, 0.6) is 5.75 Å². The average molecular weight is 490 g/mol. The molecule has 0 saturated heterocycles. The largest absolute Gasteiger partial charge is 0.493 e. The second-order valence-corrected chi connectivity index (χ2v) is 9.87. The van der Waals surface area contributed by atoms with Crippen molar-refractivity contribution in [3.63, 3.8) is 0 Å². The van der Waals surface area contributed by atoms with Gasteiger partial charge in [-0.25, -0.2) is 4.98 Å². The molecular weight excluding hydrogens is 466 g/mol. The summed E-state index contributed by atoms with van der Waals surface area (Å²) in [6.07, 6.45) is 2.39. The van der Waals surface area contributed by atoms with E-state index in [9.17, 15) is 9.59 Å². The molecule has 5 rings (SSSR count). The first kappa shape index (κ1) is 22.4. The number of hydrogen-bond donors (Lipinski definition) is 1. The van der Waals surface area contributed by atoms with Gasteiger partial charge in [0.25, 0.3) is 5.56 Å². The maximum atomic E-state index is 13.2. The first-order valence-corrected chi connectivity index (χ1v) is 12.8. The summed E-state index contributed by atoms with van der Waals surface area (Å²) in [7, 11) is 0. The molecule has 2 aromatic heterocycles. The molecule has 0 aliphatic carbocycles. The van der Waals surface area contributed by atoms with Crippen molar-refractivity contribution >= 4 is 39.2 Å². The second-order valence-electron chi connectivity index (χ2n) is 7.87. The minimum Gasteiger partial charge on any atom is -0.493 e. The quantitative estimate of drug-likeness (QED) is 0.224. The number of benzene rings is 2. The van der Waals surface area contributed by atoms with Crippen LogP contribution in [0.25, 0.3) is 20.7 Å². The number of allylic oxidation sites excluding steroid dienone is 1. The summed E-state index contributed by atoms with van der Waals surface area (Å²) in [6, 6.07) is 19.6. The molecule has 172 valence electrons. The minimum atomic E-state index is -0.113. The zero-order valence-electron chi connectivity index (χ0n) is 18.4. The van der Waals surface area contributed by atoms with Crippen LogP contribution >= 0.6 is 23.1 Å². The number of carbonyl (C=O) groups is 1. The summed E-state index contributed by atoms with van der Waals surface area (Å²) in [5.41, 5.74) is 2.57. The number of nitrogens with one attached hydrogen (secondary N) is 1. The first-order valence-electron chi connectivity index (χ1n) is 11.0. The molecule has 34 heavy (non-hydrogen) atoms. The Hall–Kier alpha value is -3.36. The number of thiophene rings is 1. The highest BCUT2D eigenvalue weighted by Crippen LogP contribution is 2.33. The highest BCUT2D eigenvalue weighted by molar-refractivity contribution is 7.99. The molecule has 4 aromatic rings. The molecule has 3 heterocycles. The number of rotatable bonds is 7. The summed E-state index contributed by atoms with van der Waals surface area (Å²) >= 11 is 2.70. The van der Waals surface area contributed by atoms with E-state index in [1.54, 1.807) is 10.6 Å². The highest BCUT2D eigenvalue weighted by Gasteiger charge is 2.23. The molecule has 1 N–H and O–H groups in total. The van der Waals surface area contributed by atoms with Gasteiger partial charge >= 0.3 is 0 Å². The van der Waals surface area contributed by atoms with Gasteiger partial charge in [0.05, 0.1) is 23.9 Å². The molecule has 1 unspecified atom stereocenters. The molecule has 2 aromatic carbocycles. The van der Waals surface area contributed by atoms with Crippen LogP contribution in [-0.2, 0) is 11.3 Å². The number of thioether (sulfide) groups is 1. The Morgan fingerprint density at radius 2 is 2.03 bits per heavy atom. The molecule has 1 atom stereocenters. The Balaban J connectivity index is 1.37. The van der Waals surface area contributed by atoms with E-state index in [-0.39, 0.29) is 23.3 Å². The van der Waals surface area contributed by atoms with E-state index in [1.165, 1.54) is 23.1 Å². The number of hydrogen-bond acceptors (Lipinski definition) is 6. The Morgan fingerprint density at radius 1 is 1.24 bits per heavy atom. The summed E-state index contributed by atoms with van der Waals surface area (Å²) in [5, 5.41) is 3.61. The van der Waals surface area contributed by atoms with Gasteiger partial charge in [-0.3, -0.25) is 14.2 Å². The maximum absolute atomic E-state index is 13.2.